The normalized spacial score (nSPS) is 14.1. The van der Waals surface area contributed by atoms with Crippen molar-refractivity contribution in [3.63, 3.8) is 0 Å². The summed E-state index contributed by atoms with van der Waals surface area (Å²) in [7, 11) is -0.852. The maximum atomic E-state index is 11.7. The second-order valence-corrected chi connectivity index (χ2v) is 6.49. The third kappa shape index (κ3) is 4.34. The van der Waals surface area contributed by atoms with E-state index in [-0.39, 0.29) is 17.7 Å². The molecule has 0 aliphatic heterocycles. The number of rotatable bonds is 6. The summed E-state index contributed by atoms with van der Waals surface area (Å²) in [4.78, 5) is 11.7. The predicted molar refractivity (Wildman–Crippen MR) is 77.3 cm³/mol. The number of aryl methyl sites for hydroxylation is 1. The van der Waals surface area contributed by atoms with Crippen molar-refractivity contribution in [1.82, 2.24) is 15.1 Å². The average molecular weight is 286 g/mol. The first-order valence-electron chi connectivity index (χ1n) is 6.21. The number of hydrogen-bond acceptors (Lipinski definition) is 4. The molecule has 7 heteroatoms. The van der Waals surface area contributed by atoms with Crippen molar-refractivity contribution >= 4 is 22.4 Å². The van der Waals surface area contributed by atoms with Gasteiger partial charge in [0.2, 0.25) is 5.91 Å². The average Bonchev–Trinajstić information content (AvgIpc) is 2.56. The molecule has 3 N–H and O–H groups in total. The van der Waals surface area contributed by atoms with Crippen molar-refractivity contribution in [2.24, 2.45) is 0 Å². The van der Waals surface area contributed by atoms with Gasteiger partial charge in [-0.15, -0.1) is 0 Å². The monoisotopic (exact) mass is 286 g/mol. The molecule has 0 spiro atoms. The first-order chi connectivity index (χ1) is 8.82. The fourth-order valence-electron chi connectivity index (χ4n) is 1.64. The van der Waals surface area contributed by atoms with Gasteiger partial charge in [-0.05, 0) is 20.3 Å². The molecule has 0 aromatic carbocycles. The van der Waals surface area contributed by atoms with Gasteiger partial charge in [-0.1, -0.05) is 6.92 Å². The van der Waals surface area contributed by atoms with Gasteiger partial charge >= 0.3 is 0 Å². The number of amides is 1. The van der Waals surface area contributed by atoms with Crippen LogP contribution in [-0.2, 0) is 22.1 Å². The number of nitrogens with one attached hydrogen (secondary N) is 1. The van der Waals surface area contributed by atoms with Crippen LogP contribution in [-0.4, -0.2) is 37.9 Å². The zero-order valence-corrected chi connectivity index (χ0v) is 12.7. The number of nitrogens with zero attached hydrogens (tertiary/aromatic N) is 2. The number of carbonyl (C=O) groups is 1. The van der Waals surface area contributed by atoms with E-state index in [0.29, 0.717) is 18.7 Å². The van der Waals surface area contributed by atoms with Gasteiger partial charge in [-0.2, -0.15) is 5.10 Å². The van der Waals surface area contributed by atoms with E-state index < -0.39 is 10.8 Å². The molecule has 0 aliphatic rings. The SMILES string of the molecule is Cc1nn(CC(=O)NCCC(C)S(C)=O)c(C)c1N. The van der Waals surface area contributed by atoms with Crippen molar-refractivity contribution in [3.8, 4) is 0 Å². The van der Waals surface area contributed by atoms with Gasteiger partial charge in [0.1, 0.15) is 6.54 Å². The van der Waals surface area contributed by atoms with Crippen LogP contribution < -0.4 is 11.1 Å². The fourth-order valence-corrected chi connectivity index (χ4v) is 2.09. The summed E-state index contributed by atoms with van der Waals surface area (Å²) < 4.78 is 12.8. The molecule has 6 nitrogen and oxygen atoms in total. The Morgan fingerprint density at radius 3 is 2.63 bits per heavy atom. The summed E-state index contributed by atoms with van der Waals surface area (Å²) in [5, 5.41) is 7.09. The number of anilines is 1. The molecule has 0 radical (unpaired) electrons. The summed E-state index contributed by atoms with van der Waals surface area (Å²) >= 11 is 0. The fraction of sp³-hybridized carbons (Fsp3) is 0.667. The van der Waals surface area contributed by atoms with Crippen molar-refractivity contribution in [2.45, 2.75) is 39.0 Å². The van der Waals surface area contributed by atoms with Gasteiger partial charge in [0.25, 0.3) is 0 Å². The highest BCUT2D eigenvalue weighted by Gasteiger charge is 2.12. The molecule has 2 atom stereocenters. The molecule has 0 saturated heterocycles. The van der Waals surface area contributed by atoms with E-state index in [1.807, 2.05) is 20.8 Å². The lowest BCUT2D eigenvalue weighted by molar-refractivity contribution is -0.121. The Labute approximate surface area is 116 Å². The van der Waals surface area contributed by atoms with E-state index in [2.05, 4.69) is 10.4 Å². The molecular weight excluding hydrogens is 264 g/mol. The summed E-state index contributed by atoms with van der Waals surface area (Å²) in [6, 6.07) is 0. The van der Waals surface area contributed by atoms with Crippen LogP contribution in [0.25, 0.3) is 0 Å². The summed E-state index contributed by atoms with van der Waals surface area (Å²) in [6.45, 7) is 6.24. The van der Waals surface area contributed by atoms with E-state index >= 15 is 0 Å². The summed E-state index contributed by atoms with van der Waals surface area (Å²) in [6.07, 6.45) is 2.37. The van der Waals surface area contributed by atoms with E-state index in [1.165, 1.54) is 0 Å². The lowest BCUT2D eigenvalue weighted by Crippen LogP contribution is -2.31. The minimum absolute atomic E-state index is 0.0876. The van der Waals surface area contributed by atoms with E-state index in [0.717, 1.165) is 11.4 Å². The van der Waals surface area contributed by atoms with Crippen molar-refractivity contribution in [1.29, 1.82) is 0 Å². The lowest BCUT2D eigenvalue weighted by Gasteiger charge is -2.10. The highest BCUT2D eigenvalue weighted by molar-refractivity contribution is 7.84. The molecule has 19 heavy (non-hydrogen) atoms. The van der Waals surface area contributed by atoms with Crippen LogP contribution >= 0.6 is 0 Å². The molecule has 0 saturated carbocycles. The molecule has 1 heterocycles. The third-order valence-electron chi connectivity index (χ3n) is 3.17. The largest absolute Gasteiger partial charge is 0.396 e. The molecule has 108 valence electrons. The van der Waals surface area contributed by atoms with Gasteiger partial charge in [0.05, 0.1) is 17.1 Å². The highest BCUT2D eigenvalue weighted by Crippen LogP contribution is 2.14. The van der Waals surface area contributed by atoms with Crippen molar-refractivity contribution < 1.29 is 9.00 Å². The Kier molecular flexibility index (Phi) is 5.53. The molecule has 1 amide bonds. The maximum absolute atomic E-state index is 11.7. The third-order valence-corrected chi connectivity index (χ3v) is 4.54. The zero-order chi connectivity index (χ0) is 14.6. The first kappa shape index (κ1) is 15.7. The van der Waals surface area contributed by atoms with E-state index in [4.69, 9.17) is 5.73 Å². The van der Waals surface area contributed by atoms with Crippen LogP contribution in [0.5, 0.6) is 0 Å². The molecule has 0 bridgehead atoms. The van der Waals surface area contributed by atoms with Crippen molar-refractivity contribution in [3.05, 3.63) is 11.4 Å². The summed E-state index contributed by atoms with van der Waals surface area (Å²) in [5.41, 5.74) is 7.97. The number of hydrogen-bond donors (Lipinski definition) is 2. The molecule has 1 rings (SSSR count). The van der Waals surface area contributed by atoms with Crippen LogP contribution in [0.15, 0.2) is 0 Å². The van der Waals surface area contributed by atoms with Gasteiger partial charge in [0, 0.05) is 28.9 Å². The number of aromatic nitrogens is 2. The van der Waals surface area contributed by atoms with E-state index in [9.17, 15) is 9.00 Å². The minimum Gasteiger partial charge on any atom is -0.396 e. The molecule has 1 aromatic rings. The maximum Gasteiger partial charge on any atom is 0.241 e. The standard InChI is InChI=1S/C12H22N4O2S/c1-8(19(4)18)5-6-14-11(17)7-16-10(3)12(13)9(2)15-16/h8H,5-7,13H2,1-4H3,(H,14,17). The van der Waals surface area contributed by atoms with Gasteiger partial charge in [0.15, 0.2) is 0 Å². The number of nitrogens with two attached hydrogens (primary N) is 1. The highest BCUT2D eigenvalue weighted by atomic mass is 32.2. The Bertz CT molecular complexity index is 484. The van der Waals surface area contributed by atoms with Crippen LogP contribution in [0.1, 0.15) is 24.7 Å². The number of carbonyl (C=O) groups excluding carboxylic acids is 1. The van der Waals surface area contributed by atoms with Gasteiger partial charge in [-0.3, -0.25) is 13.7 Å². The molecule has 0 fully saturated rings. The Balaban J connectivity index is 2.43. The van der Waals surface area contributed by atoms with Crippen molar-refractivity contribution in [2.75, 3.05) is 18.5 Å². The summed E-state index contributed by atoms with van der Waals surface area (Å²) in [5.74, 6) is -0.111. The smallest absolute Gasteiger partial charge is 0.241 e. The molecule has 1 aromatic heterocycles. The topological polar surface area (TPSA) is 90.0 Å². The van der Waals surface area contributed by atoms with Crippen LogP contribution in [0.3, 0.4) is 0 Å². The van der Waals surface area contributed by atoms with Gasteiger partial charge in [-0.25, -0.2) is 0 Å². The van der Waals surface area contributed by atoms with Crippen LogP contribution in [0, 0.1) is 13.8 Å². The lowest BCUT2D eigenvalue weighted by atomic mass is 10.3. The zero-order valence-electron chi connectivity index (χ0n) is 11.9. The number of nitrogen functional groups attached to an aromatic ring is 1. The Morgan fingerprint density at radius 2 is 2.16 bits per heavy atom. The minimum atomic E-state index is -0.852. The predicted octanol–water partition coefficient (Wildman–Crippen LogP) is 0.355. The molecule has 2 unspecified atom stereocenters. The second-order valence-electron chi connectivity index (χ2n) is 4.69. The van der Waals surface area contributed by atoms with Crippen LogP contribution in [0.2, 0.25) is 0 Å². The van der Waals surface area contributed by atoms with E-state index in [1.54, 1.807) is 10.9 Å². The Hall–Kier alpha value is -1.37. The van der Waals surface area contributed by atoms with Crippen LogP contribution in [0.4, 0.5) is 5.69 Å². The second kappa shape index (κ2) is 6.70. The van der Waals surface area contributed by atoms with Gasteiger partial charge < -0.3 is 11.1 Å². The molecular formula is C12H22N4O2S. The Morgan fingerprint density at radius 1 is 1.53 bits per heavy atom. The first-order valence-corrected chi connectivity index (χ1v) is 7.83. The quantitative estimate of drug-likeness (QED) is 0.790. The molecule has 0 aliphatic carbocycles.